The Kier molecular flexibility index (Phi) is 4.48. The first kappa shape index (κ1) is 16.3. The third-order valence-electron chi connectivity index (χ3n) is 5.33. The van der Waals surface area contributed by atoms with Gasteiger partial charge in [-0.25, -0.2) is 9.97 Å². The number of nitrogens with zero attached hydrogens (tertiary/aromatic N) is 4. The van der Waals surface area contributed by atoms with Crippen molar-refractivity contribution in [2.24, 2.45) is 5.92 Å². The van der Waals surface area contributed by atoms with Crippen molar-refractivity contribution < 1.29 is 0 Å². The normalized spacial score (nSPS) is 22.3. The molecule has 2 aliphatic heterocycles. The van der Waals surface area contributed by atoms with E-state index < -0.39 is 0 Å². The second-order valence-corrected chi connectivity index (χ2v) is 8.62. The van der Waals surface area contributed by atoms with Gasteiger partial charge in [-0.2, -0.15) is 0 Å². The molecule has 2 aliphatic rings. The topological polar surface area (TPSA) is 32.3 Å². The highest BCUT2D eigenvalue weighted by Gasteiger charge is 2.30. The monoisotopic (exact) mass is 344 g/mol. The van der Waals surface area contributed by atoms with E-state index in [4.69, 9.17) is 9.97 Å². The predicted molar refractivity (Wildman–Crippen MR) is 102 cm³/mol. The molecule has 4 nitrogen and oxygen atoms in total. The average molecular weight is 345 g/mol. The summed E-state index contributed by atoms with van der Waals surface area (Å²) in [5.74, 6) is 2.76. The van der Waals surface area contributed by atoms with E-state index in [1.54, 1.807) is 11.3 Å². The molecule has 4 heterocycles. The third kappa shape index (κ3) is 3.04. The average Bonchev–Trinajstić information content (AvgIpc) is 3.07. The van der Waals surface area contributed by atoms with Crippen LogP contribution < -0.4 is 4.90 Å². The van der Waals surface area contributed by atoms with Crippen LogP contribution in [0.5, 0.6) is 0 Å². The second kappa shape index (κ2) is 6.60. The summed E-state index contributed by atoms with van der Waals surface area (Å²) in [5, 5.41) is 3.63. The highest BCUT2D eigenvalue weighted by molar-refractivity contribution is 7.17. The smallest absolute Gasteiger partial charge is 0.141 e. The molecule has 0 amide bonds. The molecule has 2 aromatic rings. The molecule has 0 bridgehead atoms. The first-order valence-electron chi connectivity index (χ1n) is 9.35. The lowest BCUT2D eigenvalue weighted by atomic mass is 10.0. The van der Waals surface area contributed by atoms with Gasteiger partial charge in [0.15, 0.2) is 0 Å². The van der Waals surface area contributed by atoms with Gasteiger partial charge in [0.25, 0.3) is 0 Å². The van der Waals surface area contributed by atoms with Crippen molar-refractivity contribution >= 4 is 27.4 Å². The van der Waals surface area contributed by atoms with Crippen LogP contribution in [0.25, 0.3) is 10.2 Å². The van der Waals surface area contributed by atoms with Gasteiger partial charge in [0, 0.05) is 25.7 Å². The van der Waals surface area contributed by atoms with Gasteiger partial charge in [0.2, 0.25) is 0 Å². The summed E-state index contributed by atoms with van der Waals surface area (Å²) in [4.78, 5) is 16.1. The van der Waals surface area contributed by atoms with Crippen LogP contribution in [0.3, 0.4) is 0 Å². The van der Waals surface area contributed by atoms with Gasteiger partial charge in [-0.1, -0.05) is 13.8 Å². The summed E-state index contributed by atoms with van der Waals surface area (Å²) < 4.78 is 0. The van der Waals surface area contributed by atoms with Crippen molar-refractivity contribution in [1.82, 2.24) is 14.9 Å². The van der Waals surface area contributed by atoms with E-state index in [0.717, 1.165) is 25.3 Å². The Morgan fingerprint density at radius 2 is 2.04 bits per heavy atom. The zero-order valence-corrected chi connectivity index (χ0v) is 15.9. The van der Waals surface area contributed by atoms with E-state index in [1.807, 2.05) is 6.92 Å². The molecule has 0 saturated carbocycles. The number of aryl methyl sites for hydroxylation is 1. The molecule has 130 valence electrons. The van der Waals surface area contributed by atoms with Crippen LogP contribution in [0.4, 0.5) is 5.82 Å². The van der Waals surface area contributed by atoms with E-state index in [2.05, 4.69) is 29.0 Å². The lowest BCUT2D eigenvalue weighted by molar-refractivity contribution is 0.273. The highest BCUT2D eigenvalue weighted by Crippen LogP contribution is 2.35. The number of aromatic nitrogens is 2. The lowest BCUT2D eigenvalue weighted by Crippen LogP contribution is -2.37. The standard InChI is InChI=1S/C19H28N4S/c1-13(2)10-15-12-24-19-17(15)18(20-14(3)21-19)23-9-5-8-22-7-4-6-16(22)11-23/h12-13,16H,4-11H2,1-3H3. The predicted octanol–water partition coefficient (Wildman–Crippen LogP) is 3.87. The molecule has 0 aromatic carbocycles. The minimum Gasteiger partial charge on any atom is -0.354 e. The SMILES string of the molecule is Cc1nc(N2CCCN3CCCC3C2)c2c(CC(C)C)csc2n1. The van der Waals surface area contributed by atoms with Gasteiger partial charge in [-0.05, 0) is 56.0 Å². The Morgan fingerprint density at radius 3 is 2.88 bits per heavy atom. The fourth-order valence-electron chi connectivity index (χ4n) is 4.30. The first-order chi connectivity index (χ1) is 11.6. The van der Waals surface area contributed by atoms with E-state index in [0.29, 0.717) is 12.0 Å². The minimum atomic E-state index is 0.659. The molecule has 2 fully saturated rings. The van der Waals surface area contributed by atoms with Crippen LogP contribution in [-0.4, -0.2) is 47.1 Å². The Balaban J connectivity index is 1.75. The maximum Gasteiger partial charge on any atom is 0.141 e. The molecule has 0 N–H and O–H groups in total. The van der Waals surface area contributed by atoms with E-state index >= 15 is 0 Å². The first-order valence-corrected chi connectivity index (χ1v) is 10.2. The van der Waals surface area contributed by atoms with Gasteiger partial charge >= 0.3 is 0 Å². The van der Waals surface area contributed by atoms with E-state index in [9.17, 15) is 0 Å². The highest BCUT2D eigenvalue weighted by atomic mass is 32.1. The summed E-state index contributed by atoms with van der Waals surface area (Å²) in [6.07, 6.45) is 5.05. The molecule has 5 heteroatoms. The molecular formula is C19H28N4S. The van der Waals surface area contributed by atoms with Gasteiger partial charge in [0.1, 0.15) is 16.5 Å². The van der Waals surface area contributed by atoms with Crippen LogP contribution in [0, 0.1) is 12.8 Å². The van der Waals surface area contributed by atoms with Gasteiger partial charge in [-0.3, -0.25) is 4.90 Å². The van der Waals surface area contributed by atoms with Crippen LogP contribution >= 0.6 is 11.3 Å². The minimum absolute atomic E-state index is 0.659. The summed E-state index contributed by atoms with van der Waals surface area (Å²) >= 11 is 1.78. The largest absolute Gasteiger partial charge is 0.354 e. The Morgan fingerprint density at radius 1 is 1.21 bits per heavy atom. The Hall–Kier alpha value is -1.20. The third-order valence-corrected chi connectivity index (χ3v) is 6.25. The Bertz CT molecular complexity index is 723. The molecule has 2 aromatic heterocycles. The van der Waals surface area contributed by atoms with E-state index in [1.165, 1.54) is 53.9 Å². The molecule has 2 saturated heterocycles. The molecule has 0 spiro atoms. The molecule has 0 aliphatic carbocycles. The second-order valence-electron chi connectivity index (χ2n) is 7.77. The van der Waals surface area contributed by atoms with Crippen molar-refractivity contribution in [1.29, 1.82) is 0 Å². The number of hydrogen-bond acceptors (Lipinski definition) is 5. The molecule has 24 heavy (non-hydrogen) atoms. The summed E-state index contributed by atoms with van der Waals surface area (Å²) in [6, 6.07) is 0.713. The summed E-state index contributed by atoms with van der Waals surface area (Å²) in [7, 11) is 0. The van der Waals surface area contributed by atoms with Crippen LogP contribution in [0.15, 0.2) is 5.38 Å². The maximum absolute atomic E-state index is 4.92. The fourth-order valence-corrected chi connectivity index (χ4v) is 5.30. The molecule has 1 unspecified atom stereocenters. The molecule has 0 radical (unpaired) electrons. The Labute approximate surface area is 148 Å². The zero-order chi connectivity index (χ0) is 16.7. The number of anilines is 1. The van der Waals surface area contributed by atoms with Crippen molar-refractivity contribution in [3.63, 3.8) is 0 Å². The summed E-state index contributed by atoms with van der Waals surface area (Å²) in [6.45, 7) is 11.4. The van der Waals surface area contributed by atoms with Gasteiger partial charge in [0.05, 0.1) is 5.39 Å². The van der Waals surface area contributed by atoms with E-state index in [-0.39, 0.29) is 0 Å². The quantitative estimate of drug-likeness (QED) is 0.846. The van der Waals surface area contributed by atoms with Crippen molar-refractivity contribution in [3.05, 3.63) is 16.8 Å². The molecular weight excluding hydrogens is 316 g/mol. The van der Waals surface area contributed by atoms with Crippen LogP contribution in [0.2, 0.25) is 0 Å². The van der Waals surface area contributed by atoms with Gasteiger partial charge < -0.3 is 4.90 Å². The number of rotatable bonds is 3. The van der Waals surface area contributed by atoms with Gasteiger partial charge in [-0.15, -0.1) is 11.3 Å². The van der Waals surface area contributed by atoms with Crippen molar-refractivity contribution in [2.75, 3.05) is 31.1 Å². The summed E-state index contributed by atoms with van der Waals surface area (Å²) in [5.41, 5.74) is 1.44. The number of hydrogen-bond donors (Lipinski definition) is 0. The molecule has 1 atom stereocenters. The zero-order valence-electron chi connectivity index (χ0n) is 15.1. The van der Waals surface area contributed by atoms with Crippen molar-refractivity contribution in [2.45, 2.75) is 52.5 Å². The van der Waals surface area contributed by atoms with Crippen LogP contribution in [-0.2, 0) is 6.42 Å². The van der Waals surface area contributed by atoms with Crippen molar-refractivity contribution in [3.8, 4) is 0 Å². The maximum atomic E-state index is 4.92. The number of fused-ring (bicyclic) bond motifs is 2. The lowest BCUT2D eigenvalue weighted by Gasteiger charge is -2.27. The fraction of sp³-hybridized carbons (Fsp3) is 0.684. The molecule has 4 rings (SSSR count). The number of thiophene rings is 1. The van der Waals surface area contributed by atoms with Crippen LogP contribution in [0.1, 0.15) is 44.5 Å².